The van der Waals surface area contributed by atoms with Crippen LogP contribution in [0.15, 0.2) is 36.4 Å². The third-order valence-corrected chi connectivity index (χ3v) is 4.76. The standard InChI is InChI=1S/C23H27NO3/c1-4-5-12-27-21-9-8-17-13-19(7-6-18(17)14-21)22-11-10-20(26-3)15-23(22)24-16(2)25/h8-11,13-15H,4-7,12H2,1-3H3,(H,24,25). The number of anilines is 1. The quantitative estimate of drug-likeness (QED) is 0.676. The molecule has 1 amide bonds. The number of fused-ring (bicyclic) bond motifs is 1. The topological polar surface area (TPSA) is 47.6 Å². The van der Waals surface area contributed by atoms with E-state index in [2.05, 4.69) is 30.4 Å². The monoisotopic (exact) mass is 365 g/mol. The van der Waals surface area contributed by atoms with Gasteiger partial charge in [0.05, 0.1) is 19.4 Å². The van der Waals surface area contributed by atoms with Crippen LogP contribution < -0.4 is 14.8 Å². The minimum Gasteiger partial charge on any atom is -0.497 e. The number of ether oxygens (including phenoxy) is 2. The van der Waals surface area contributed by atoms with Gasteiger partial charge in [0.25, 0.3) is 0 Å². The highest BCUT2D eigenvalue weighted by Crippen LogP contribution is 2.36. The van der Waals surface area contributed by atoms with Crippen molar-refractivity contribution in [2.45, 2.75) is 39.5 Å². The summed E-state index contributed by atoms with van der Waals surface area (Å²) in [6.07, 6.45) is 6.30. The molecule has 0 bridgehead atoms. The normalized spacial score (nSPS) is 12.8. The molecule has 0 saturated heterocycles. The lowest BCUT2D eigenvalue weighted by atomic mass is 9.88. The van der Waals surface area contributed by atoms with Gasteiger partial charge in [-0.1, -0.05) is 25.5 Å². The van der Waals surface area contributed by atoms with Gasteiger partial charge in [0.15, 0.2) is 0 Å². The number of unbranched alkanes of at least 4 members (excludes halogenated alkanes) is 1. The summed E-state index contributed by atoms with van der Waals surface area (Å²) in [4.78, 5) is 11.6. The van der Waals surface area contributed by atoms with Crippen molar-refractivity contribution in [3.63, 3.8) is 0 Å². The van der Waals surface area contributed by atoms with E-state index < -0.39 is 0 Å². The summed E-state index contributed by atoms with van der Waals surface area (Å²) in [6.45, 7) is 4.45. The number of aryl methyl sites for hydroxylation is 1. The number of hydrogen-bond acceptors (Lipinski definition) is 3. The van der Waals surface area contributed by atoms with Gasteiger partial charge in [-0.25, -0.2) is 0 Å². The van der Waals surface area contributed by atoms with E-state index in [1.807, 2.05) is 24.3 Å². The Bertz CT molecular complexity index is 855. The van der Waals surface area contributed by atoms with Gasteiger partial charge >= 0.3 is 0 Å². The van der Waals surface area contributed by atoms with Crippen molar-refractivity contribution in [2.75, 3.05) is 19.0 Å². The Morgan fingerprint density at radius 3 is 2.67 bits per heavy atom. The first-order chi connectivity index (χ1) is 13.1. The van der Waals surface area contributed by atoms with Crippen LogP contribution in [0, 0.1) is 0 Å². The molecule has 0 saturated carbocycles. The maximum absolute atomic E-state index is 11.6. The molecule has 1 N–H and O–H groups in total. The maximum Gasteiger partial charge on any atom is 0.221 e. The van der Waals surface area contributed by atoms with Crippen LogP contribution in [0.4, 0.5) is 5.69 Å². The lowest BCUT2D eigenvalue weighted by molar-refractivity contribution is -0.114. The SMILES string of the molecule is CCCCOc1ccc2c(c1)CCC(c1ccc(OC)cc1NC(C)=O)=C2. The second-order valence-corrected chi connectivity index (χ2v) is 6.82. The van der Waals surface area contributed by atoms with Crippen LogP contribution in [0.25, 0.3) is 11.6 Å². The number of allylic oxidation sites excluding steroid dienone is 1. The van der Waals surface area contributed by atoms with E-state index in [1.54, 1.807) is 7.11 Å². The molecule has 0 unspecified atom stereocenters. The number of benzene rings is 2. The fourth-order valence-electron chi connectivity index (χ4n) is 3.33. The highest BCUT2D eigenvalue weighted by Gasteiger charge is 2.16. The smallest absolute Gasteiger partial charge is 0.221 e. The largest absolute Gasteiger partial charge is 0.497 e. The lowest BCUT2D eigenvalue weighted by Crippen LogP contribution is -2.09. The summed E-state index contributed by atoms with van der Waals surface area (Å²) >= 11 is 0. The van der Waals surface area contributed by atoms with Crippen LogP contribution >= 0.6 is 0 Å². The molecule has 4 heteroatoms. The second kappa shape index (κ2) is 8.76. The molecule has 0 aromatic heterocycles. The summed E-state index contributed by atoms with van der Waals surface area (Å²) in [6, 6.07) is 12.1. The number of nitrogens with one attached hydrogen (secondary N) is 1. The van der Waals surface area contributed by atoms with Gasteiger partial charge in [-0.3, -0.25) is 4.79 Å². The van der Waals surface area contributed by atoms with Crippen molar-refractivity contribution >= 4 is 23.2 Å². The average Bonchev–Trinajstić information content (AvgIpc) is 2.67. The van der Waals surface area contributed by atoms with Crippen LogP contribution in [-0.2, 0) is 11.2 Å². The molecule has 2 aromatic rings. The molecule has 0 aliphatic heterocycles. The number of amides is 1. The van der Waals surface area contributed by atoms with Gasteiger partial charge in [0, 0.05) is 18.6 Å². The maximum atomic E-state index is 11.6. The van der Waals surface area contributed by atoms with Crippen LogP contribution in [0.2, 0.25) is 0 Å². The Morgan fingerprint density at radius 2 is 1.93 bits per heavy atom. The van der Waals surface area contributed by atoms with E-state index in [-0.39, 0.29) is 5.91 Å². The number of rotatable bonds is 7. The number of carbonyl (C=O) groups excluding carboxylic acids is 1. The van der Waals surface area contributed by atoms with Crippen LogP contribution in [0.1, 0.15) is 49.8 Å². The zero-order chi connectivity index (χ0) is 19.2. The highest BCUT2D eigenvalue weighted by molar-refractivity contribution is 5.96. The van der Waals surface area contributed by atoms with E-state index >= 15 is 0 Å². The van der Waals surface area contributed by atoms with Crippen LogP contribution in [0.5, 0.6) is 11.5 Å². The summed E-state index contributed by atoms with van der Waals surface area (Å²) in [7, 11) is 1.63. The molecule has 27 heavy (non-hydrogen) atoms. The van der Waals surface area contributed by atoms with Crippen molar-refractivity contribution in [2.24, 2.45) is 0 Å². The Labute approximate surface area is 161 Å². The summed E-state index contributed by atoms with van der Waals surface area (Å²) in [5.74, 6) is 1.59. The molecule has 0 atom stereocenters. The zero-order valence-corrected chi connectivity index (χ0v) is 16.3. The molecule has 0 heterocycles. The first-order valence-corrected chi connectivity index (χ1v) is 9.53. The van der Waals surface area contributed by atoms with Gasteiger partial charge in [-0.2, -0.15) is 0 Å². The molecule has 0 fully saturated rings. The Morgan fingerprint density at radius 1 is 1.11 bits per heavy atom. The van der Waals surface area contributed by atoms with Crippen molar-refractivity contribution in [3.8, 4) is 11.5 Å². The van der Waals surface area contributed by atoms with Crippen molar-refractivity contribution < 1.29 is 14.3 Å². The van der Waals surface area contributed by atoms with E-state index in [0.717, 1.165) is 55.0 Å². The zero-order valence-electron chi connectivity index (χ0n) is 16.3. The molecule has 4 nitrogen and oxygen atoms in total. The van der Waals surface area contributed by atoms with Crippen molar-refractivity contribution in [1.29, 1.82) is 0 Å². The fraction of sp³-hybridized carbons (Fsp3) is 0.348. The molecule has 1 aliphatic carbocycles. The van der Waals surface area contributed by atoms with E-state index in [1.165, 1.54) is 23.6 Å². The van der Waals surface area contributed by atoms with E-state index in [9.17, 15) is 4.79 Å². The predicted molar refractivity (Wildman–Crippen MR) is 110 cm³/mol. The fourth-order valence-corrected chi connectivity index (χ4v) is 3.33. The number of methoxy groups -OCH3 is 1. The second-order valence-electron chi connectivity index (χ2n) is 6.82. The molecule has 3 rings (SSSR count). The Hall–Kier alpha value is -2.75. The van der Waals surface area contributed by atoms with Gasteiger partial charge < -0.3 is 14.8 Å². The third-order valence-electron chi connectivity index (χ3n) is 4.76. The minimum atomic E-state index is -0.0878. The molecular formula is C23H27NO3. The van der Waals surface area contributed by atoms with Crippen molar-refractivity contribution in [3.05, 3.63) is 53.1 Å². The molecule has 0 radical (unpaired) electrons. The first kappa shape index (κ1) is 19.0. The van der Waals surface area contributed by atoms with E-state index in [0.29, 0.717) is 0 Å². The molecule has 1 aliphatic rings. The van der Waals surface area contributed by atoms with E-state index in [4.69, 9.17) is 9.47 Å². The van der Waals surface area contributed by atoms with Gasteiger partial charge in [-0.05, 0) is 60.2 Å². The van der Waals surface area contributed by atoms with Crippen LogP contribution in [-0.4, -0.2) is 19.6 Å². The number of hydrogen-bond donors (Lipinski definition) is 1. The average molecular weight is 365 g/mol. The summed E-state index contributed by atoms with van der Waals surface area (Å²) in [5, 5.41) is 2.93. The number of carbonyl (C=O) groups is 1. The molecule has 142 valence electrons. The van der Waals surface area contributed by atoms with Crippen LogP contribution in [0.3, 0.4) is 0 Å². The third kappa shape index (κ3) is 4.70. The predicted octanol–water partition coefficient (Wildman–Crippen LogP) is 5.32. The first-order valence-electron chi connectivity index (χ1n) is 9.53. The van der Waals surface area contributed by atoms with Gasteiger partial charge in [0.2, 0.25) is 5.91 Å². The Kier molecular flexibility index (Phi) is 6.17. The highest BCUT2D eigenvalue weighted by atomic mass is 16.5. The van der Waals surface area contributed by atoms with Gasteiger partial charge in [0.1, 0.15) is 11.5 Å². The minimum absolute atomic E-state index is 0.0878. The van der Waals surface area contributed by atoms with Crippen molar-refractivity contribution in [1.82, 2.24) is 0 Å². The lowest BCUT2D eigenvalue weighted by Gasteiger charge is -2.20. The molecular weight excluding hydrogens is 338 g/mol. The molecule has 0 spiro atoms. The molecule has 2 aromatic carbocycles. The summed E-state index contributed by atoms with van der Waals surface area (Å²) < 4.78 is 11.1. The Balaban J connectivity index is 1.88. The van der Waals surface area contributed by atoms with Gasteiger partial charge in [-0.15, -0.1) is 0 Å². The summed E-state index contributed by atoms with van der Waals surface area (Å²) in [5.41, 5.74) is 5.57.